The van der Waals surface area contributed by atoms with Crippen LogP contribution in [-0.4, -0.2) is 64.7 Å². The van der Waals surface area contributed by atoms with Gasteiger partial charge in [0.2, 0.25) is 0 Å². The normalized spacial score (nSPS) is 47.8. The summed E-state index contributed by atoms with van der Waals surface area (Å²) in [6.07, 6.45) is 20.6. The van der Waals surface area contributed by atoms with E-state index in [4.69, 9.17) is 9.47 Å². The molecular weight excluding hydrogens is 713 g/mol. The van der Waals surface area contributed by atoms with E-state index in [1.165, 1.54) is 56.9 Å². The second-order valence-electron chi connectivity index (χ2n) is 22.4. The standard InChI is InChI=1S/C50H78O7/c1-34-48-22-19-38-45(4)26-25-43(2)23-24-44(3,42(53)54)31-39(43)47(45,21-11-7-8-12-35-13-9-10-14-35)28-27-46(38,5)49(48,33-51)40(52)32-50(34,55)57-41(48)30-37-17-15-36(16-18-37)20-29-56-6/h15-18,34-35,38-41,51-52,55H,7-14,19-33H2,1-6H3,(H,53,54)/t34-,38-,39-,40-,41+,43-,44-,45-,46-,47+,48-,49+,50+/m1/s1. The van der Waals surface area contributed by atoms with Crippen LogP contribution in [-0.2, 0) is 27.1 Å². The van der Waals surface area contributed by atoms with Crippen LogP contribution in [0.2, 0.25) is 0 Å². The lowest BCUT2D eigenvalue weighted by molar-refractivity contribution is -0.336. The lowest BCUT2D eigenvalue weighted by atomic mass is 9.25. The van der Waals surface area contributed by atoms with Gasteiger partial charge in [0.25, 0.3) is 0 Å². The van der Waals surface area contributed by atoms with Crippen molar-refractivity contribution in [3.05, 3.63) is 35.4 Å². The monoisotopic (exact) mass is 791 g/mol. The maximum atomic E-state index is 13.0. The summed E-state index contributed by atoms with van der Waals surface area (Å²) >= 11 is 0. The first-order valence-electron chi connectivity index (χ1n) is 23.5. The summed E-state index contributed by atoms with van der Waals surface area (Å²) in [5, 5.41) is 47.9. The van der Waals surface area contributed by atoms with Crippen LogP contribution in [0.25, 0.3) is 0 Å². The number of carboxylic acid groups (broad SMARTS) is 1. The van der Waals surface area contributed by atoms with Crippen LogP contribution in [0.4, 0.5) is 0 Å². The van der Waals surface area contributed by atoms with Gasteiger partial charge in [-0.3, -0.25) is 4.79 Å². The van der Waals surface area contributed by atoms with Gasteiger partial charge in [0, 0.05) is 30.3 Å². The fourth-order valence-corrected chi connectivity index (χ4v) is 17.2. The van der Waals surface area contributed by atoms with Crippen LogP contribution < -0.4 is 0 Å². The molecule has 320 valence electrons. The molecule has 0 radical (unpaired) electrons. The molecule has 1 heterocycles. The molecule has 1 spiro atoms. The van der Waals surface area contributed by atoms with Crippen molar-refractivity contribution in [2.24, 2.45) is 61.6 Å². The third-order valence-corrected chi connectivity index (χ3v) is 20.5. The molecule has 1 saturated heterocycles. The summed E-state index contributed by atoms with van der Waals surface area (Å²) in [4.78, 5) is 13.0. The van der Waals surface area contributed by atoms with Crippen LogP contribution in [0.5, 0.6) is 0 Å². The van der Waals surface area contributed by atoms with Gasteiger partial charge >= 0.3 is 5.97 Å². The van der Waals surface area contributed by atoms with Crippen LogP contribution in [0, 0.1) is 61.6 Å². The summed E-state index contributed by atoms with van der Waals surface area (Å²) in [7, 11) is 1.73. The molecule has 1 aliphatic heterocycles. The lowest BCUT2D eigenvalue weighted by Gasteiger charge is -2.78. The summed E-state index contributed by atoms with van der Waals surface area (Å²) in [5.41, 5.74) is -0.147. The number of aliphatic hydroxyl groups is 3. The summed E-state index contributed by atoms with van der Waals surface area (Å²) in [5.74, 6) is -0.826. The van der Waals surface area contributed by atoms with Gasteiger partial charge < -0.3 is 29.9 Å². The van der Waals surface area contributed by atoms with Crippen LogP contribution in [0.3, 0.4) is 0 Å². The summed E-state index contributed by atoms with van der Waals surface area (Å²) in [6, 6.07) is 8.71. The average molecular weight is 791 g/mol. The zero-order valence-corrected chi connectivity index (χ0v) is 36.6. The minimum absolute atomic E-state index is 0.00206. The molecule has 4 N–H and O–H groups in total. The number of aliphatic carboxylic acids is 1. The van der Waals surface area contributed by atoms with Crippen molar-refractivity contribution >= 4 is 5.97 Å². The highest BCUT2D eigenvalue weighted by Crippen LogP contribution is 2.84. The summed E-state index contributed by atoms with van der Waals surface area (Å²) in [6.45, 7) is 12.3. The number of fused-ring (bicyclic) bond motifs is 7. The van der Waals surface area contributed by atoms with Crippen molar-refractivity contribution in [3.8, 4) is 0 Å². The number of ether oxygens (including phenoxy) is 2. The molecule has 8 rings (SSSR count). The van der Waals surface area contributed by atoms with Gasteiger partial charge in [-0.25, -0.2) is 0 Å². The molecule has 0 amide bonds. The Bertz CT molecular complexity index is 1620. The zero-order valence-electron chi connectivity index (χ0n) is 36.6. The van der Waals surface area contributed by atoms with Gasteiger partial charge in [-0.1, -0.05) is 103 Å². The van der Waals surface area contributed by atoms with E-state index in [1.807, 2.05) is 6.92 Å². The van der Waals surface area contributed by atoms with E-state index in [1.54, 1.807) is 7.11 Å². The van der Waals surface area contributed by atoms with E-state index in [9.17, 15) is 25.2 Å². The number of carboxylic acids is 1. The molecule has 0 unspecified atom stereocenters. The van der Waals surface area contributed by atoms with Crippen molar-refractivity contribution in [1.82, 2.24) is 0 Å². The van der Waals surface area contributed by atoms with Gasteiger partial charge in [0.1, 0.15) is 0 Å². The SMILES string of the molecule is COCCc1ccc(C[C@@H]2O[C@@]3(O)C[C@@H](O)[C@]4(CO)[C@]2(CC[C@@H]2[C@@]5(C)CC[C@@]6(C)CC[C@@](C)(C(=O)O)C[C@H]6[C@]5(CCCCCC5CCCC5)CC[C@]24C)[C@H]3C)cc1. The Hall–Kier alpha value is -1.51. The van der Waals surface area contributed by atoms with Gasteiger partial charge in [0.05, 0.1) is 30.8 Å². The quantitative estimate of drug-likeness (QED) is 0.147. The van der Waals surface area contributed by atoms with Crippen LogP contribution in [0.15, 0.2) is 24.3 Å². The molecule has 7 aliphatic rings. The van der Waals surface area contributed by atoms with Crippen LogP contribution >= 0.6 is 0 Å². The minimum atomic E-state index is -1.44. The predicted molar refractivity (Wildman–Crippen MR) is 223 cm³/mol. The van der Waals surface area contributed by atoms with E-state index < -0.39 is 39.5 Å². The number of benzene rings is 1. The maximum absolute atomic E-state index is 13.0. The van der Waals surface area contributed by atoms with Gasteiger partial charge in [0.15, 0.2) is 5.79 Å². The molecule has 1 aromatic rings. The third-order valence-electron chi connectivity index (χ3n) is 20.5. The third kappa shape index (κ3) is 5.98. The molecule has 7 nitrogen and oxygen atoms in total. The van der Waals surface area contributed by atoms with E-state index in [2.05, 4.69) is 52.0 Å². The van der Waals surface area contributed by atoms with Crippen molar-refractivity contribution in [2.45, 2.75) is 187 Å². The first-order chi connectivity index (χ1) is 27.0. The number of hydrogen-bond donors (Lipinski definition) is 4. The fraction of sp³-hybridized carbons (Fsp3) is 0.860. The zero-order chi connectivity index (χ0) is 40.7. The fourth-order valence-electron chi connectivity index (χ4n) is 17.2. The number of rotatable bonds is 13. The number of hydrogen-bond acceptors (Lipinski definition) is 6. The number of unbranched alkanes of at least 4 members (excludes halogenated alkanes) is 2. The van der Waals surface area contributed by atoms with Crippen molar-refractivity contribution in [1.29, 1.82) is 0 Å². The molecule has 13 atom stereocenters. The van der Waals surface area contributed by atoms with Crippen LogP contribution in [0.1, 0.15) is 168 Å². The number of methoxy groups -OCH3 is 1. The molecule has 1 aromatic carbocycles. The van der Waals surface area contributed by atoms with E-state index in [0.717, 1.165) is 82.1 Å². The van der Waals surface area contributed by atoms with Crippen molar-refractivity contribution in [3.63, 3.8) is 0 Å². The largest absolute Gasteiger partial charge is 0.481 e. The molecule has 7 fully saturated rings. The van der Waals surface area contributed by atoms with Gasteiger partial charge in [-0.15, -0.1) is 0 Å². The van der Waals surface area contributed by atoms with E-state index in [-0.39, 0.29) is 47.2 Å². The molecule has 2 bridgehead atoms. The highest BCUT2D eigenvalue weighted by molar-refractivity contribution is 5.74. The molecule has 6 aliphatic carbocycles. The highest BCUT2D eigenvalue weighted by atomic mass is 16.6. The molecular formula is C50H78O7. The predicted octanol–water partition coefficient (Wildman–Crippen LogP) is 9.91. The first kappa shape index (κ1) is 42.2. The molecule has 6 saturated carbocycles. The second-order valence-corrected chi connectivity index (χ2v) is 22.4. The first-order valence-corrected chi connectivity index (χ1v) is 23.5. The number of carbonyl (C=O) groups is 1. The van der Waals surface area contributed by atoms with E-state index in [0.29, 0.717) is 18.9 Å². The Morgan fingerprint density at radius 1 is 0.842 bits per heavy atom. The smallest absolute Gasteiger partial charge is 0.309 e. The van der Waals surface area contributed by atoms with Gasteiger partial charge in [-0.05, 0) is 135 Å². The Morgan fingerprint density at radius 3 is 2.21 bits per heavy atom. The molecule has 7 heteroatoms. The van der Waals surface area contributed by atoms with Crippen molar-refractivity contribution < 1.29 is 34.7 Å². The Kier molecular flexibility index (Phi) is 11.0. The Balaban J connectivity index is 1.17. The second kappa shape index (κ2) is 14.8. The Morgan fingerprint density at radius 2 is 1.53 bits per heavy atom. The topological polar surface area (TPSA) is 116 Å². The summed E-state index contributed by atoms with van der Waals surface area (Å²) < 4.78 is 12.2. The van der Waals surface area contributed by atoms with E-state index >= 15 is 0 Å². The molecule has 57 heavy (non-hydrogen) atoms. The molecule has 0 aromatic heterocycles. The average Bonchev–Trinajstić information content (AvgIpc) is 3.75. The van der Waals surface area contributed by atoms with Crippen molar-refractivity contribution in [2.75, 3.05) is 20.3 Å². The lowest BCUT2D eigenvalue weighted by Crippen LogP contribution is -2.77. The minimum Gasteiger partial charge on any atom is -0.481 e. The maximum Gasteiger partial charge on any atom is 0.309 e. The highest BCUT2D eigenvalue weighted by Gasteiger charge is 2.83. The Labute approximate surface area is 344 Å². The van der Waals surface area contributed by atoms with Gasteiger partial charge in [-0.2, -0.15) is 0 Å². The number of aliphatic hydroxyl groups excluding tert-OH is 2.